The molecule has 0 aliphatic carbocycles. The van der Waals surface area contributed by atoms with Crippen molar-refractivity contribution in [2.24, 2.45) is 0 Å². The van der Waals surface area contributed by atoms with Gasteiger partial charge in [-0.05, 0) is 58.3 Å². The minimum atomic E-state index is -0.480. The number of nitriles is 1. The molecule has 32 heavy (non-hydrogen) atoms. The lowest BCUT2D eigenvalue weighted by molar-refractivity contribution is -0.112. The van der Waals surface area contributed by atoms with E-state index in [9.17, 15) is 10.1 Å². The molecule has 0 aromatic heterocycles. The number of para-hydroxylation sites is 1. The number of rotatable bonds is 6. The third-order valence-electron chi connectivity index (χ3n) is 4.87. The minimum absolute atomic E-state index is 0.0187. The van der Waals surface area contributed by atoms with Crippen LogP contribution < -0.4 is 10.1 Å². The van der Waals surface area contributed by atoms with Gasteiger partial charge in [0.1, 0.15) is 24.0 Å². The lowest BCUT2D eigenvalue weighted by Gasteiger charge is -2.10. The van der Waals surface area contributed by atoms with Crippen LogP contribution in [0.4, 0.5) is 5.69 Å². The zero-order chi connectivity index (χ0) is 22.3. The topological polar surface area (TPSA) is 62.1 Å². The van der Waals surface area contributed by atoms with Gasteiger partial charge >= 0.3 is 0 Å². The Bertz CT molecular complexity index is 1340. The van der Waals surface area contributed by atoms with E-state index in [1.54, 1.807) is 30.3 Å². The molecule has 1 amide bonds. The third-order valence-corrected chi connectivity index (χ3v) is 5.17. The van der Waals surface area contributed by atoms with Crippen molar-refractivity contribution in [2.75, 3.05) is 5.32 Å². The molecule has 0 saturated heterocycles. The van der Waals surface area contributed by atoms with Crippen LogP contribution in [-0.2, 0) is 11.4 Å². The molecule has 0 aliphatic heterocycles. The predicted molar refractivity (Wildman–Crippen MR) is 128 cm³/mol. The van der Waals surface area contributed by atoms with Gasteiger partial charge in [-0.1, -0.05) is 72.3 Å². The number of amides is 1. The molecule has 0 saturated carbocycles. The van der Waals surface area contributed by atoms with Crippen LogP contribution in [0.2, 0.25) is 5.02 Å². The van der Waals surface area contributed by atoms with Gasteiger partial charge in [-0.25, -0.2) is 0 Å². The maximum absolute atomic E-state index is 12.4. The summed E-state index contributed by atoms with van der Waals surface area (Å²) in [6.45, 7) is 0.378. The van der Waals surface area contributed by atoms with E-state index < -0.39 is 5.91 Å². The molecule has 0 fully saturated rings. The third kappa shape index (κ3) is 5.15. The fourth-order valence-corrected chi connectivity index (χ4v) is 3.49. The molecule has 0 aliphatic rings. The van der Waals surface area contributed by atoms with Gasteiger partial charge in [-0.15, -0.1) is 0 Å². The largest absolute Gasteiger partial charge is 0.487 e. The average Bonchev–Trinajstić information content (AvgIpc) is 2.82. The Balaban J connectivity index is 1.45. The molecule has 5 heteroatoms. The maximum atomic E-state index is 12.4. The molecule has 4 nitrogen and oxygen atoms in total. The van der Waals surface area contributed by atoms with Crippen molar-refractivity contribution in [1.29, 1.82) is 5.26 Å². The fraction of sp³-hybridized carbons (Fsp3) is 0.0370. The highest BCUT2D eigenvalue weighted by Gasteiger charge is 2.10. The predicted octanol–water partition coefficient (Wildman–Crippen LogP) is 6.62. The Morgan fingerprint density at radius 2 is 1.69 bits per heavy atom. The number of nitrogens with one attached hydrogen (secondary N) is 1. The van der Waals surface area contributed by atoms with Crippen LogP contribution in [0, 0.1) is 11.3 Å². The first-order valence-electron chi connectivity index (χ1n) is 10.0. The monoisotopic (exact) mass is 438 g/mol. The van der Waals surface area contributed by atoms with E-state index >= 15 is 0 Å². The lowest BCUT2D eigenvalue weighted by Crippen LogP contribution is -2.13. The van der Waals surface area contributed by atoms with Gasteiger partial charge in [0.2, 0.25) is 0 Å². The number of carbonyl (C=O) groups is 1. The van der Waals surface area contributed by atoms with Crippen LogP contribution in [0.25, 0.3) is 16.8 Å². The van der Waals surface area contributed by atoms with Gasteiger partial charge in [0, 0.05) is 5.69 Å². The maximum Gasteiger partial charge on any atom is 0.266 e. The Labute approximate surface area is 191 Å². The summed E-state index contributed by atoms with van der Waals surface area (Å²) < 4.78 is 5.89. The summed E-state index contributed by atoms with van der Waals surface area (Å²) in [6.07, 6.45) is 1.50. The van der Waals surface area contributed by atoms with Crippen LogP contribution in [-0.4, -0.2) is 5.91 Å². The minimum Gasteiger partial charge on any atom is -0.487 e. The van der Waals surface area contributed by atoms with Crippen molar-refractivity contribution in [2.45, 2.75) is 6.61 Å². The molecule has 4 aromatic carbocycles. The van der Waals surface area contributed by atoms with E-state index in [4.69, 9.17) is 16.3 Å². The Morgan fingerprint density at radius 3 is 2.44 bits per heavy atom. The smallest absolute Gasteiger partial charge is 0.266 e. The Morgan fingerprint density at radius 1 is 0.938 bits per heavy atom. The zero-order valence-electron chi connectivity index (χ0n) is 17.1. The Hall–Kier alpha value is -4.07. The highest BCUT2D eigenvalue weighted by atomic mass is 35.5. The summed E-state index contributed by atoms with van der Waals surface area (Å²) in [4.78, 5) is 12.4. The molecule has 4 rings (SSSR count). The average molecular weight is 439 g/mol. The summed E-state index contributed by atoms with van der Waals surface area (Å²) in [5.41, 5.74) is 2.27. The van der Waals surface area contributed by atoms with Gasteiger partial charge < -0.3 is 10.1 Å². The molecule has 0 spiro atoms. The molecular weight excluding hydrogens is 420 g/mol. The van der Waals surface area contributed by atoms with Gasteiger partial charge in [0.05, 0.1) is 5.02 Å². The van der Waals surface area contributed by atoms with Crippen molar-refractivity contribution in [1.82, 2.24) is 0 Å². The molecule has 0 bridgehead atoms. The molecule has 156 valence electrons. The molecule has 0 unspecified atom stereocenters. The second kappa shape index (κ2) is 9.82. The van der Waals surface area contributed by atoms with Crippen LogP contribution in [0.5, 0.6) is 5.75 Å². The van der Waals surface area contributed by atoms with Crippen molar-refractivity contribution in [3.63, 3.8) is 0 Å². The van der Waals surface area contributed by atoms with E-state index in [1.165, 1.54) is 11.5 Å². The van der Waals surface area contributed by atoms with Crippen molar-refractivity contribution in [3.05, 3.63) is 113 Å². The second-order valence-corrected chi connectivity index (χ2v) is 7.56. The molecule has 4 aromatic rings. The van der Waals surface area contributed by atoms with Gasteiger partial charge in [0.15, 0.2) is 0 Å². The molecular formula is C27H19ClN2O2. The highest BCUT2D eigenvalue weighted by molar-refractivity contribution is 6.32. The number of fused-ring (bicyclic) bond motifs is 1. The zero-order valence-corrected chi connectivity index (χ0v) is 17.8. The number of hydrogen-bond donors (Lipinski definition) is 1. The lowest BCUT2D eigenvalue weighted by atomic mass is 10.1. The van der Waals surface area contributed by atoms with Crippen molar-refractivity contribution in [3.8, 4) is 11.8 Å². The number of carbonyl (C=O) groups excluding carboxylic acids is 1. The van der Waals surface area contributed by atoms with E-state index in [2.05, 4.69) is 29.6 Å². The van der Waals surface area contributed by atoms with E-state index in [-0.39, 0.29) is 5.57 Å². The van der Waals surface area contributed by atoms with Crippen LogP contribution >= 0.6 is 11.6 Å². The van der Waals surface area contributed by atoms with E-state index in [0.29, 0.717) is 28.6 Å². The summed E-state index contributed by atoms with van der Waals surface area (Å²) in [5, 5.41) is 14.8. The van der Waals surface area contributed by atoms with Gasteiger partial charge in [-0.3, -0.25) is 4.79 Å². The summed E-state index contributed by atoms with van der Waals surface area (Å²) in [5.74, 6) is 0.0515. The van der Waals surface area contributed by atoms with Crippen LogP contribution in [0.3, 0.4) is 0 Å². The first-order chi connectivity index (χ1) is 15.6. The SMILES string of the molecule is N#C/C(=C\c1ccc(OCc2ccc3ccccc3c2)c(Cl)c1)C(=O)Nc1ccccc1. The van der Waals surface area contributed by atoms with Crippen LogP contribution in [0.1, 0.15) is 11.1 Å². The molecule has 1 N–H and O–H groups in total. The molecule has 0 radical (unpaired) electrons. The second-order valence-electron chi connectivity index (χ2n) is 7.15. The fourth-order valence-electron chi connectivity index (χ4n) is 3.25. The standard InChI is InChI=1S/C27H19ClN2O2/c28-25-16-19(14-23(17-29)27(31)30-24-8-2-1-3-9-24)11-13-26(25)32-18-20-10-12-21-6-4-5-7-22(21)15-20/h1-16H,18H2,(H,30,31)/b23-14+. The Kier molecular flexibility index (Phi) is 6.50. The number of halogens is 1. The number of anilines is 1. The first kappa shape index (κ1) is 21.2. The molecule has 0 heterocycles. The van der Waals surface area contributed by atoms with E-state index in [0.717, 1.165) is 10.9 Å². The van der Waals surface area contributed by atoms with Gasteiger partial charge in [-0.2, -0.15) is 5.26 Å². The van der Waals surface area contributed by atoms with Crippen LogP contribution in [0.15, 0.2) is 96.6 Å². The quantitative estimate of drug-likeness (QED) is 0.272. The number of benzene rings is 4. The molecule has 0 atom stereocenters. The number of nitrogens with zero attached hydrogens (tertiary/aromatic N) is 1. The van der Waals surface area contributed by atoms with Crippen molar-refractivity contribution >= 4 is 40.0 Å². The number of ether oxygens (including phenoxy) is 1. The number of hydrogen-bond acceptors (Lipinski definition) is 3. The summed E-state index contributed by atoms with van der Waals surface area (Å²) in [6, 6.07) is 30.4. The summed E-state index contributed by atoms with van der Waals surface area (Å²) >= 11 is 6.39. The van der Waals surface area contributed by atoms with Crippen molar-refractivity contribution < 1.29 is 9.53 Å². The van der Waals surface area contributed by atoms with Gasteiger partial charge in [0.25, 0.3) is 5.91 Å². The normalized spacial score (nSPS) is 11.1. The van der Waals surface area contributed by atoms with E-state index in [1.807, 2.05) is 42.5 Å². The highest BCUT2D eigenvalue weighted by Crippen LogP contribution is 2.28. The first-order valence-corrected chi connectivity index (χ1v) is 10.4. The summed E-state index contributed by atoms with van der Waals surface area (Å²) in [7, 11) is 0.